The van der Waals surface area contributed by atoms with Gasteiger partial charge in [-0.2, -0.15) is 0 Å². The van der Waals surface area contributed by atoms with Crippen LogP contribution in [-0.4, -0.2) is 36.7 Å². The van der Waals surface area contributed by atoms with Crippen LogP contribution in [0, 0.1) is 17.0 Å². The zero-order chi connectivity index (χ0) is 12.8. The normalized spacial score (nSPS) is 12.4. The van der Waals surface area contributed by atoms with E-state index in [0.717, 1.165) is 11.3 Å². The van der Waals surface area contributed by atoms with Crippen molar-refractivity contribution in [3.63, 3.8) is 0 Å². The molecule has 0 fully saturated rings. The number of pyridine rings is 1. The van der Waals surface area contributed by atoms with E-state index in [1.807, 2.05) is 14.0 Å². The summed E-state index contributed by atoms with van der Waals surface area (Å²) in [7, 11) is 3.49. The summed E-state index contributed by atoms with van der Waals surface area (Å²) in [6.45, 7) is 2.41. The van der Waals surface area contributed by atoms with Gasteiger partial charge in [0.15, 0.2) is 0 Å². The lowest BCUT2D eigenvalue weighted by Crippen LogP contribution is -2.32. The highest BCUT2D eigenvalue weighted by atomic mass is 16.6. The van der Waals surface area contributed by atoms with Gasteiger partial charge in [-0.1, -0.05) is 0 Å². The maximum atomic E-state index is 10.6. The molecule has 0 radical (unpaired) electrons. The number of aromatic nitrogens is 1. The first-order valence-corrected chi connectivity index (χ1v) is 5.34. The molecule has 1 N–H and O–H groups in total. The molecule has 1 heterocycles. The van der Waals surface area contributed by atoms with E-state index in [0.29, 0.717) is 13.0 Å². The molecule has 0 amide bonds. The summed E-state index contributed by atoms with van der Waals surface area (Å²) in [6, 6.07) is 1.70. The fraction of sp³-hybridized carbons (Fsp3) is 0.545. The zero-order valence-corrected chi connectivity index (χ0v) is 10.3. The zero-order valence-electron chi connectivity index (χ0n) is 10.3. The number of nitrogens with zero attached hydrogens (tertiary/aromatic N) is 2. The van der Waals surface area contributed by atoms with Crippen LogP contribution in [0.4, 0.5) is 5.69 Å². The molecule has 1 aromatic heterocycles. The summed E-state index contributed by atoms with van der Waals surface area (Å²) < 4.78 is 5.07. The Kier molecular flexibility index (Phi) is 4.99. The Morgan fingerprint density at radius 3 is 2.82 bits per heavy atom. The first-order valence-electron chi connectivity index (χ1n) is 5.34. The number of nitrogens with one attached hydrogen (secondary N) is 1. The summed E-state index contributed by atoms with van der Waals surface area (Å²) in [6.07, 6.45) is 1.98. The van der Waals surface area contributed by atoms with E-state index < -0.39 is 4.92 Å². The van der Waals surface area contributed by atoms with Crippen LogP contribution >= 0.6 is 0 Å². The van der Waals surface area contributed by atoms with Crippen molar-refractivity contribution >= 4 is 5.69 Å². The predicted octanol–water partition coefficient (Wildman–Crippen LogP) is 1.08. The monoisotopic (exact) mass is 239 g/mol. The second-order valence-corrected chi connectivity index (χ2v) is 3.86. The number of methoxy groups -OCH3 is 1. The molecule has 17 heavy (non-hydrogen) atoms. The maximum Gasteiger partial charge on any atom is 0.287 e. The van der Waals surface area contributed by atoms with E-state index in [1.54, 1.807) is 13.2 Å². The predicted molar refractivity (Wildman–Crippen MR) is 64.1 cm³/mol. The van der Waals surface area contributed by atoms with Gasteiger partial charge in [0.05, 0.1) is 11.5 Å². The molecule has 0 aliphatic rings. The quantitative estimate of drug-likeness (QED) is 0.593. The summed E-state index contributed by atoms with van der Waals surface area (Å²) >= 11 is 0. The van der Waals surface area contributed by atoms with Crippen molar-refractivity contribution < 1.29 is 9.66 Å². The number of nitro groups is 1. The van der Waals surface area contributed by atoms with Crippen molar-refractivity contribution in [2.45, 2.75) is 19.4 Å². The Morgan fingerprint density at radius 1 is 1.65 bits per heavy atom. The molecule has 94 valence electrons. The third kappa shape index (κ3) is 3.76. The minimum Gasteiger partial charge on any atom is -0.383 e. The number of hydrogen-bond acceptors (Lipinski definition) is 5. The van der Waals surface area contributed by atoms with Crippen LogP contribution in [0.3, 0.4) is 0 Å². The SMILES string of the molecule is CNC(COC)Cc1ncc([N+](=O)[O-])cc1C. The van der Waals surface area contributed by atoms with Crippen LogP contribution in [-0.2, 0) is 11.2 Å². The third-order valence-electron chi connectivity index (χ3n) is 2.60. The highest BCUT2D eigenvalue weighted by Gasteiger charge is 2.13. The molecule has 6 nitrogen and oxygen atoms in total. The average Bonchev–Trinajstić information content (AvgIpc) is 2.30. The van der Waals surface area contributed by atoms with Gasteiger partial charge in [0.25, 0.3) is 5.69 Å². The second-order valence-electron chi connectivity index (χ2n) is 3.86. The fourth-order valence-corrected chi connectivity index (χ4v) is 1.58. The molecule has 1 rings (SSSR count). The molecule has 0 aliphatic carbocycles. The Bertz CT molecular complexity index is 396. The van der Waals surface area contributed by atoms with Gasteiger partial charge in [0, 0.05) is 31.3 Å². The van der Waals surface area contributed by atoms with Crippen LogP contribution in [0.15, 0.2) is 12.3 Å². The van der Waals surface area contributed by atoms with Crippen LogP contribution in [0.1, 0.15) is 11.3 Å². The van der Waals surface area contributed by atoms with Crippen LogP contribution in [0.2, 0.25) is 0 Å². The van der Waals surface area contributed by atoms with Gasteiger partial charge in [-0.25, -0.2) is 0 Å². The first kappa shape index (κ1) is 13.5. The Hall–Kier alpha value is -1.53. The van der Waals surface area contributed by atoms with Gasteiger partial charge in [-0.15, -0.1) is 0 Å². The Balaban J connectivity index is 2.81. The molecule has 6 heteroatoms. The third-order valence-corrected chi connectivity index (χ3v) is 2.60. The summed E-state index contributed by atoms with van der Waals surface area (Å²) in [5, 5.41) is 13.7. The lowest BCUT2D eigenvalue weighted by Gasteiger charge is -2.15. The van der Waals surface area contributed by atoms with E-state index in [2.05, 4.69) is 10.3 Å². The van der Waals surface area contributed by atoms with E-state index in [4.69, 9.17) is 4.74 Å². The summed E-state index contributed by atoms with van der Waals surface area (Å²) in [5.74, 6) is 0. The Labute approximate surface area is 100 Å². The van der Waals surface area contributed by atoms with Crippen molar-refractivity contribution in [2.75, 3.05) is 20.8 Å². The van der Waals surface area contributed by atoms with Gasteiger partial charge in [-0.3, -0.25) is 15.1 Å². The van der Waals surface area contributed by atoms with Crippen molar-refractivity contribution in [1.82, 2.24) is 10.3 Å². The molecule has 0 bridgehead atoms. The van der Waals surface area contributed by atoms with E-state index in [1.165, 1.54) is 6.20 Å². The highest BCUT2D eigenvalue weighted by molar-refractivity contribution is 5.33. The Morgan fingerprint density at radius 2 is 2.35 bits per heavy atom. The molecule has 0 saturated carbocycles. The molecule has 1 atom stereocenters. The number of ether oxygens (including phenoxy) is 1. The summed E-state index contributed by atoms with van der Waals surface area (Å²) in [4.78, 5) is 14.3. The number of aryl methyl sites for hydroxylation is 1. The van der Waals surface area contributed by atoms with Crippen LogP contribution in [0.25, 0.3) is 0 Å². The van der Waals surface area contributed by atoms with Gasteiger partial charge >= 0.3 is 0 Å². The number of hydrogen-bond donors (Lipinski definition) is 1. The van der Waals surface area contributed by atoms with E-state index in [-0.39, 0.29) is 11.7 Å². The van der Waals surface area contributed by atoms with Crippen molar-refractivity contribution in [1.29, 1.82) is 0 Å². The average molecular weight is 239 g/mol. The lowest BCUT2D eigenvalue weighted by molar-refractivity contribution is -0.385. The van der Waals surface area contributed by atoms with Crippen LogP contribution in [0.5, 0.6) is 0 Å². The topological polar surface area (TPSA) is 77.3 Å². The minimum atomic E-state index is -0.436. The van der Waals surface area contributed by atoms with Crippen molar-refractivity contribution in [3.05, 3.63) is 33.6 Å². The van der Waals surface area contributed by atoms with E-state index in [9.17, 15) is 10.1 Å². The van der Waals surface area contributed by atoms with Crippen LogP contribution < -0.4 is 5.32 Å². The van der Waals surface area contributed by atoms with Gasteiger partial charge in [0.1, 0.15) is 6.20 Å². The molecule has 0 aliphatic heterocycles. The number of likely N-dealkylation sites (N-methyl/N-ethyl adjacent to an activating group) is 1. The van der Waals surface area contributed by atoms with Gasteiger partial charge in [0.2, 0.25) is 0 Å². The molecule has 1 unspecified atom stereocenters. The summed E-state index contributed by atoms with van der Waals surface area (Å²) in [5.41, 5.74) is 1.71. The fourth-order valence-electron chi connectivity index (χ4n) is 1.58. The van der Waals surface area contributed by atoms with Gasteiger partial charge < -0.3 is 10.1 Å². The highest BCUT2D eigenvalue weighted by Crippen LogP contribution is 2.15. The molecular weight excluding hydrogens is 222 g/mol. The molecule has 1 aromatic rings. The second kappa shape index (κ2) is 6.27. The molecular formula is C11H17N3O3. The number of rotatable bonds is 6. The largest absolute Gasteiger partial charge is 0.383 e. The van der Waals surface area contributed by atoms with Crippen molar-refractivity contribution in [3.8, 4) is 0 Å². The van der Waals surface area contributed by atoms with Gasteiger partial charge in [-0.05, 0) is 19.5 Å². The molecule has 0 saturated heterocycles. The first-order chi connectivity index (χ1) is 8.08. The standard InChI is InChI=1S/C11H17N3O3/c1-8-4-10(14(15)16)6-13-11(8)5-9(12-2)7-17-3/h4,6,9,12H,5,7H2,1-3H3. The lowest BCUT2D eigenvalue weighted by atomic mass is 10.1. The van der Waals surface area contributed by atoms with Crippen molar-refractivity contribution in [2.24, 2.45) is 0 Å². The molecule has 0 aromatic carbocycles. The van der Waals surface area contributed by atoms with E-state index >= 15 is 0 Å². The molecule has 0 spiro atoms. The minimum absolute atomic E-state index is 0.0269. The maximum absolute atomic E-state index is 10.6. The smallest absolute Gasteiger partial charge is 0.287 e.